The van der Waals surface area contributed by atoms with Crippen molar-refractivity contribution in [1.29, 1.82) is 0 Å². The van der Waals surface area contributed by atoms with Gasteiger partial charge in [0, 0.05) is 18.7 Å². The van der Waals surface area contributed by atoms with Crippen LogP contribution in [0.5, 0.6) is 11.5 Å². The van der Waals surface area contributed by atoms with Crippen LogP contribution >= 0.6 is 0 Å². The number of amides is 1. The first kappa shape index (κ1) is 18.2. The minimum absolute atomic E-state index is 0.0296. The second kappa shape index (κ2) is 8.13. The van der Waals surface area contributed by atoms with Crippen molar-refractivity contribution in [3.05, 3.63) is 29.8 Å². The molecule has 0 bridgehead atoms. The molecule has 24 heavy (non-hydrogen) atoms. The van der Waals surface area contributed by atoms with Crippen LogP contribution in [0.25, 0.3) is 6.08 Å². The Labute approximate surface area is 141 Å². The van der Waals surface area contributed by atoms with Crippen molar-refractivity contribution in [2.24, 2.45) is 5.92 Å². The maximum absolute atomic E-state index is 12.4. The number of benzene rings is 1. The molecule has 0 saturated heterocycles. The highest BCUT2D eigenvalue weighted by atomic mass is 19.3. The van der Waals surface area contributed by atoms with Gasteiger partial charge in [0.15, 0.2) is 11.5 Å². The second-order valence-electron chi connectivity index (χ2n) is 6.24. The van der Waals surface area contributed by atoms with Gasteiger partial charge in [0.05, 0.1) is 7.11 Å². The molecular weight excluding hydrogens is 316 g/mol. The molecule has 1 saturated carbocycles. The van der Waals surface area contributed by atoms with Gasteiger partial charge in [-0.3, -0.25) is 4.79 Å². The third-order valence-electron chi connectivity index (χ3n) is 3.65. The van der Waals surface area contributed by atoms with Crippen LogP contribution < -0.4 is 9.47 Å². The molecule has 6 heteroatoms. The molecule has 1 aromatic rings. The highest BCUT2D eigenvalue weighted by molar-refractivity contribution is 5.92. The van der Waals surface area contributed by atoms with Crippen LogP contribution in [0.3, 0.4) is 0 Å². The van der Waals surface area contributed by atoms with E-state index < -0.39 is 6.61 Å². The van der Waals surface area contributed by atoms with Crippen molar-refractivity contribution in [3.63, 3.8) is 0 Å². The van der Waals surface area contributed by atoms with Crippen molar-refractivity contribution in [2.75, 3.05) is 13.7 Å². The lowest BCUT2D eigenvalue weighted by molar-refractivity contribution is -0.127. The quantitative estimate of drug-likeness (QED) is 0.673. The maximum Gasteiger partial charge on any atom is 0.387 e. The second-order valence-corrected chi connectivity index (χ2v) is 6.24. The van der Waals surface area contributed by atoms with Crippen LogP contribution in [-0.2, 0) is 4.79 Å². The SMILES string of the molecule is COc1cc(/C=C/C(=O)N(CC(C)C)C2CC2)ccc1OC(F)F. The number of carbonyl (C=O) groups is 1. The lowest BCUT2D eigenvalue weighted by atomic mass is 10.1. The number of alkyl halides is 2. The summed E-state index contributed by atoms with van der Waals surface area (Å²) in [5.41, 5.74) is 0.683. The molecule has 4 nitrogen and oxygen atoms in total. The topological polar surface area (TPSA) is 38.8 Å². The zero-order valence-electron chi connectivity index (χ0n) is 14.2. The lowest BCUT2D eigenvalue weighted by Crippen LogP contribution is -2.34. The average molecular weight is 339 g/mol. The third-order valence-corrected chi connectivity index (χ3v) is 3.65. The van der Waals surface area contributed by atoms with E-state index in [4.69, 9.17) is 4.74 Å². The molecular formula is C18H23F2NO3. The van der Waals surface area contributed by atoms with Crippen LogP contribution in [0.2, 0.25) is 0 Å². The Morgan fingerprint density at radius 1 is 1.33 bits per heavy atom. The van der Waals surface area contributed by atoms with E-state index in [0.29, 0.717) is 17.5 Å². The fourth-order valence-corrected chi connectivity index (χ4v) is 2.44. The molecule has 0 unspecified atom stereocenters. The Kier molecular flexibility index (Phi) is 6.17. The predicted octanol–water partition coefficient (Wildman–Crippen LogP) is 3.96. The van der Waals surface area contributed by atoms with E-state index in [9.17, 15) is 13.6 Å². The van der Waals surface area contributed by atoms with Gasteiger partial charge in [-0.15, -0.1) is 0 Å². The maximum atomic E-state index is 12.4. The summed E-state index contributed by atoms with van der Waals surface area (Å²) in [5.74, 6) is 0.549. The summed E-state index contributed by atoms with van der Waals surface area (Å²) in [7, 11) is 1.38. The monoisotopic (exact) mass is 339 g/mol. The van der Waals surface area contributed by atoms with Gasteiger partial charge in [-0.1, -0.05) is 19.9 Å². The Hall–Kier alpha value is -2.11. The van der Waals surface area contributed by atoms with E-state index in [1.54, 1.807) is 18.2 Å². The van der Waals surface area contributed by atoms with Gasteiger partial charge in [-0.2, -0.15) is 8.78 Å². The number of methoxy groups -OCH3 is 1. The van der Waals surface area contributed by atoms with E-state index in [2.05, 4.69) is 18.6 Å². The van der Waals surface area contributed by atoms with Gasteiger partial charge in [-0.25, -0.2) is 0 Å². The van der Waals surface area contributed by atoms with Crippen LogP contribution in [0, 0.1) is 5.92 Å². The number of rotatable bonds is 8. The Bertz CT molecular complexity index is 598. The summed E-state index contributed by atoms with van der Waals surface area (Å²) in [6, 6.07) is 4.92. The first-order valence-corrected chi connectivity index (χ1v) is 8.02. The summed E-state index contributed by atoms with van der Waals surface area (Å²) in [4.78, 5) is 14.3. The van der Waals surface area contributed by atoms with Crippen LogP contribution in [-0.4, -0.2) is 37.1 Å². The number of halogens is 2. The minimum Gasteiger partial charge on any atom is -0.493 e. The molecule has 132 valence electrons. The zero-order valence-corrected chi connectivity index (χ0v) is 14.2. The van der Waals surface area contributed by atoms with E-state index in [0.717, 1.165) is 19.4 Å². The number of hydrogen-bond acceptors (Lipinski definition) is 3. The highest BCUT2D eigenvalue weighted by Gasteiger charge is 2.31. The number of nitrogens with zero attached hydrogens (tertiary/aromatic N) is 1. The Morgan fingerprint density at radius 3 is 2.58 bits per heavy atom. The van der Waals surface area contributed by atoms with Gasteiger partial charge >= 0.3 is 6.61 Å². The molecule has 0 aromatic heterocycles. The summed E-state index contributed by atoms with van der Waals surface area (Å²) >= 11 is 0. The summed E-state index contributed by atoms with van der Waals surface area (Å²) in [6.07, 6.45) is 5.29. The summed E-state index contributed by atoms with van der Waals surface area (Å²) in [5, 5.41) is 0. The lowest BCUT2D eigenvalue weighted by Gasteiger charge is -2.22. The zero-order chi connectivity index (χ0) is 17.7. The fourth-order valence-electron chi connectivity index (χ4n) is 2.44. The molecule has 0 spiro atoms. The Balaban J connectivity index is 2.08. The van der Waals surface area contributed by atoms with Gasteiger partial charge < -0.3 is 14.4 Å². The van der Waals surface area contributed by atoms with Crippen LogP contribution in [0.1, 0.15) is 32.3 Å². The summed E-state index contributed by atoms with van der Waals surface area (Å²) < 4.78 is 34.1. The fraction of sp³-hybridized carbons (Fsp3) is 0.500. The van der Waals surface area contributed by atoms with E-state index in [-0.39, 0.29) is 17.4 Å². The van der Waals surface area contributed by atoms with Gasteiger partial charge in [-0.05, 0) is 42.5 Å². The average Bonchev–Trinajstić information content (AvgIpc) is 3.35. The highest BCUT2D eigenvalue weighted by Crippen LogP contribution is 2.30. The van der Waals surface area contributed by atoms with Crippen molar-refractivity contribution >= 4 is 12.0 Å². The van der Waals surface area contributed by atoms with Crippen molar-refractivity contribution in [3.8, 4) is 11.5 Å². The van der Waals surface area contributed by atoms with E-state index >= 15 is 0 Å². The molecule has 1 amide bonds. The molecule has 0 aliphatic heterocycles. The third kappa shape index (κ3) is 5.22. The predicted molar refractivity (Wildman–Crippen MR) is 88.2 cm³/mol. The molecule has 1 aliphatic rings. The van der Waals surface area contributed by atoms with Crippen molar-refractivity contribution in [2.45, 2.75) is 39.3 Å². The molecule has 2 rings (SSSR count). The normalized spacial score (nSPS) is 14.5. The van der Waals surface area contributed by atoms with E-state index in [1.807, 2.05) is 4.90 Å². The first-order valence-electron chi connectivity index (χ1n) is 8.02. The molecule has 1 fully saturated rings. The summed E-state index contributed by atoms with van der Waals surface area (Å²) in [6.45, 7) is 1.99. The largest absolute Gasteiger partial charge is 0.493 e. The van der Waals surface area contributed by atoms with Gasteiger partial charge in [0.25, 0.3) is 0 Å². The molecule has 0 radical (unpaired) electrons. The standard InChI is InChI=1S/C18H23F2NO3/c1-12(2)11-21(14-6-7-14)17(22)9-5-13-4-8-15(24-18(19)20)16(10-13)23-3/h4-5,8-10,12,14,18H,6-7,11H2,1-3H3/b9-5+. The van der Waals surface area contributed by atoms with Crippen LogP contribution in [0.4, 0.5) is 8.78 Å². The van der Waals surface area contributed by atoms with E-state index in [1.165, 1.54) is 19.3 Å². The van der Waals surface area contributed by atoms with Crippen molar-refractivity contribution in [1.82, 2.24) is 4.90 Å². The molecule has 0 N–H and O–H groups in total. The van der Waals surface area contributed by atoms with Gasteiger partial charge in [0.1, 0.15) is 0 Å². The first-order chi connectivity index (χ1) is 11.4. The smallest absolute Gasteiger partial charge is 0.387 e. The molecule has 1 aliphatic carbocycles. The molecule has 0 atom stereocenters. The Morgan fingerprint density at radius 2 is 2.04 bits per heavy atom. The molecule has 0 heterocycles. The number of ether oxygens (including phenoxy) is 2. The van der Waals surface area contributed by atoms with Gasteiger partial charge in [0.2, 0.25) is 5.91 Å². The van der Waals surface area contributed by atoms with Crippen LogP contribution in [0.15, 0.2) is 24.3 Å². The van der Waals surface area contributed by atoms with Crippen molar-refractivity contribution < 1.29 is 23.0 Å². The number of hydrogen-bond donors (Lipinski definition) is 0. The number of carbonyl (C=O) groups excluding carboxylic acids is 1. The minimum atomic E-state index is -2.91. The molecule has 1 aromatic carbocycles.